The van der Waals surface area contributed by atoms with Gasteiger partial charge in [-0.15, -0.1) is 0 Å². The zero-order valence-corrected chi connectivity index (χ0v) is 7.38. The zero-order chi connectivity index (χ0) is 8.69. The summed E-state index contributed by atoms with van der Waals surface area (Å²) >= 11 is 0. The van der Waals surface area contributed by atoms with Gasteiger partial charge in [0.2, 0.25) is 0 Å². The van der Waals surface area contributed by atoms with Crippen molar-refractivity contribution in [3.8, 4) is 0 Å². The minimum absolute atomic E-state index is 0.891. The minimum atomic E-state index is 0.891. The molecule has 0 bridgehead atoms. The number of likely N-dealkylation sites (N-methyl/N-ethyl adjacent to an activating group) is 1. The van der Waals surface area contributed by atoms with Crippen molar-refractivity contribution in [3.63, 3.8) is 0 Å². The maximum Gasteiger partial charge on any atom is 0.0419 e. The van der Waals surface area contributed by atoms with Gasteiger partial charge in [-0.2, -0.15) is 0 Å². The van der Waals surface area contributed by atoms with E-state index in [-0.39, 0.29) is 0 Å². The quantitative estimate of drug-likeness (QED) is 0.435. The van der Waals surface area contributed by atoms with Crippen LogP contribution in [0.4, 0.5) is 0 Å². The van der Waals surface area contributed by atoms with Crippen molar-refractivity contribution >= 4 is 6.72 Å². The molecule has 0 heterocycles. The fraction of sp³-hybridized carbons (Fsp3) is 0.444. The summed E-state index contributed by atoms with van der Waals surface area (Å²) in [5.74, 6) is 0. The van der Waals surface area contributed by atoms with E-state index >= 15 is 0 Å². The van der Waals surface area contributed by atoms with E-state index in [1.165, 1.54) is 5.57 Å². The van der Waals surface area contributed by atoms with E-state index in [1.807, 2.05) is 18.1 Å². The molecule has 0 unspecified atom stereocenters. The molecule has 0 amide bonds. The van der Waals surface area contributed by atoms with Crippen LogP contribution >= 0.6 is 0 Å². The Labute approximate surface area is 68.9 Å². The van der Waals surface area contributed by atoms with Crippen LogP contribution in [-0.2, 0) is 0 Å². The first-order valence-corrected chi connectivity index (χ1v) is 3.70. The van der Waals surface area contributed by atoms with Crippen LogP contribution in [0.15, 0.2) is 29.5 Å². The molecule has 0 aliphatic heterocycles. The van der Waals surface area contributed by atoms with E-state index in [9.17, 15) is 0 Å². The van der Waals surface area contributed by atoms with Gasteiger partial charge in [0.05, 0.1) is 0 Å². The Bertz CT molecular complexity index is 159. The molecule has 2 heteroatoms. The van der Waals surface area contributed by atoms with Gasteiger partial charge in [0.1, 0.15) is 0 Å². The lowest BCUT2D eigenvalue weighted by Gasteiger charge is -2.13. The molecule has 0 atom stereocenters. The van der Waals surface area contributed by atoms with E-state index in [4.69, 9.17) is 0 Å². The Balaban J connectivity index is 3.67. The standard InChI is InChI=1S/C9H16N2/c1-5-9(2)8-11(4)7-6-10-3/h6-7H,2-3,5,8H2,1,4H3/b7-6-. The Hall–Kier alpha value is -1.05. The van der Waals surface area contributed by atoms with Crippen molar-refractivity contribution in [1.29, 1.82) is 0 Å². The van der Waals surface area contributed by atoms with Crippen molar-refractivity contribution in [3.05, 3.63) is 24.6 Å². The summed E-state index contributed by atoms with van der Waals surface area (Å²) in [5, 5.41) is 0. The van der Waals surface area contributed by atoms with Crippen LogP contribution in [0.2, 0.25) is 0 Å². The van der Waals surface area contributed by atoms with Gasteiger partial charge in [-0.3, -0.25) is 4.99 Å². The lowest BCUT2D eigenvalue weighted by Crippen LogP contribution is -2.13. The summed E-state index contributed by atoms with van der Waals surface area (Å²) in [5.41, 5.74) is 1.22. The molecule has 0 aromatic heterocycles. The SMILES string of the molecule is C=N/C=C\N(C)CC(=C)CC. The smallest absolute Gasteiger partial charge is 0.0419 e. The fourth-order valence-electron chi connectivity index (χ4n) is 0.678. The first-order valence-electron chi connectivity index (χ1n) is 3.70. The van der Waals surface area contributed by atoms with Crippen LogP contribution in [0, 0.1) is 0 Å². The van der Waals surface area contributed by atoms with E-state index in [0.717, 1.165) is 13.0 Å². The van der Waals surface area contributed by atoms with E-state index in [1.54, 1.807) is 6.20 Å². The number of hydrogen-bond acceptors (Lipinski definition) is 2. The average Bonchev–Trinajstić information content (AvgIpc) is 2.00. The molecule has 0 aromatic rings. The molecule has 0 aliphatic rings. The molecule has 0 aromatic carbocycles. The Kier molecular flexibility index (Phi) is 5.17. The van der Waals surface area contributed by atoms with Crippen LogP contribution in [0.5, 0.6) is 0 Å². The van der Waals surface area contributed by atoms with Crippen LogP contribution in [0.25, 0.3) is 0 Å². The molecule has 11 heavy (non-hydrogen) atoms. The number of hydrogen-bond donors (Lipinski definition) is 0. The summed E-state index contributed by atoms with van der Waals surface area (Å²) in [6.07, 6.45) is 4.58. The predicted octanol–water partition coefficient (Wildman–Crippen LogP) is 2.06. The predicted molar refractivity (Wildman–Crippen MR) is 50.8 cm³/mol. The Morgan fingerprint density at radius 2 is 2.27 bits per heavy atom. The molecule has 0 N–H and O–H groups in total. The Morgan fingerprint density at radius 1 is 1.64 bits per heavy atom. The lowest BCUT2D eigenvalue weighted by molar-refractivity contribution is 0.491. The fourth-order valence-corrected chi connectivity index (χ4v) is 0.678. The highest BCUT2D eigenvalue weighted by Gasteiger charge is 1.92. The summed E-state index contributed by atoms with van der Waals surface area (Å²) in [6, 6.07) is 0. The number of aliphatic imine (C=N–C) groups is 1. The largest absolute Gasteiger partial charge is 0.375 e. The van der Waals surface area contributed by atoms with Crippen LogP contribution in [-0.4, -0.2) is 25.2 Å². The maximum absolute atomic E-state index is 3.90. The van der Waals surface area contributed by atoms with E-state index in [2.05, 4.69) is 25.2 Å². The highest BCUT2D eigenvalue weighted by Crippen LogP contribution is 1.98. The molecule has 0 spiro atoms. The normalized spacial score (nSPS) is 10.0. The average molecular weight is 152 g/mol. The molecule has 62 valence electrons. The maximum atomic E-state index is 3.90. The van der Waals surface area contributed by atoms with Gasteiger partial charge in [0.15, 0.2) is 0 Å². The molecular formula is C9H16N2. The Morgan fingerprint density at radius 3 is 2.73 bits per heavy atom. The van der Waals surface area contributed by atoms with Crippen LogP contribution < -0.4 is 0 Å². The summed E-state index contributed by atoms with van der Waals surface area (Å²) in [7, 11) is 1.99. The molecule has 0 rings (SSSR count). The summed E-state index contributed by atoms with van der Waals surface area (Å²) < 4.78 is 0. The van der Waals surface area contributed by atoms with Gasteiger partial charge in [-0.25, -0.2) is 0 Å². The van der Waals surface area contributed by atoms with Gasteiger partial charge >= 0.3 is 0 Å². The van der Waals surface area contributed by atoms with Crippen molar-refractivity contribution in [2.45, 2.75) is 13.3 Å². The molecule has 0 aliphatic carbocycles. The summed E-state index contributed by atoms with van der Waals surface area (Å²) in [4.78, 5) is 5.64. The monoisotopic (exact) mass is 152 g/mol. The number of rotatable bonds is 5. The van der Waals surface area contributed by atoms with Gasteiger partial charge in [-0.1, -0.05) is 19.1 Å². The van der Waals surface area contributed by atoms with Crippen LogP contribution in [0.1, 0.15) is 13.3 Å². The van der Waals surface area contributed by atoms with Gasteiger partial charge in [-0.05, 0) is 13.1 Å². The van der Waals surface area contributed by atoms with Gasteiger partial charge in [0.25, 0.3) is 0 Å². The molecule has 2 nitrogen and oxygen atoms in total. The van der Waals surface area contributed by atoms with Gasteiger partial charge in [0, 0.05) is 26.0 Å². The third-order valence-electron chi connectivity index (χ3n) is 1.40. The summed E-state index contributed by atoms with van der Waals surface area (Å²) in [6.45, 7) is 10.2. The first kappa shape index (κ1) is 9.95. The third-order valence-corrected chi connectivity index (χ3v) is 1.40. The van der Waals surface area contributed by atoms with E-state index < -0.39 is 0 Å². The second kappa shape index (κ2) is 5.71. The highest BCUT2D eigenvalue weighted by molar-refractivity contribution is 5.25. The first-order chi connectivity index (χ1) is 5.20. The molecule has 0 fully saturated rings. The number of nitrogens with zero attached hydrogens (tertiary/aromatic N) is 2. The zero-order valence-electron chi connectivity index (χ0n) is 7.38. The lowest BCUT2D eigenvalue weighted by atomic mass is 10.2. The minimum Gasteiger partial charge on any atom is -0.375 e. The molecule has 0 radical (unpaired) electrons. The van der Waals surface area contributed by atoms with Crippen molar-refractivity contribution < 1.29 is 0 Å². The highest BCUT2D eigenvalue weighted by atomic mass is 15.1. The topological polar surface area (TPSA) is 15.6 Å². The molecule has 0 saturated carbocycles. The molecular weight excluding hydrogens is 136 g/mol. The van der Waals surface area contributed by atoms with Gasteiger partial charge < -0.3 is 4.90 Å². The van der Waals surface area contributed by atoms with Crippen LogP contribution in [0.3, 0.4) is 0 Å². The molecule has 0 saturated heterocycles. The van der Waals surface area contributed by atoms with Crippen molar-refractivity contribution in [2.24, 2.45) is 4.99 Å². The van der Waals surface area contributed by atoms with Crippen molar-refractivity contribution in [1.82, 2.24) is 4.90 Å². The third kappa shape index (κ3) is 5.40. The second-order valence-electron chi connectivity index (χ2n) is 2.50. The van der Waals surface area contributed by atoms with Crippen molar-refractivity contribution in [2.75, 3.05) is 13.6 Å². The second-order valence-corrected chi connectivity index (χ2v) is 2.50. The van der Waals surface area contributed by atoms with E-state index in [0.29, 0.717) is 0 Å².